The molecule has 0 aromatic heterocycles. The van der Waals surface area contributed by atoms with Crippen molar-refractivity contribution in [1.29, 1.82) is 0 Å². The molecule has 0 saturated carbocycles. The van der Waals surface area contributed by atoms with Crippen LogP contribution in [0.5, 0.6) is 0 Å². The van der Waals surface area contributed by atoms with Gasteiger partial charge in [-0.3, -0.25) is 4.79 Å². The zero-order chi connectivity index (χ0) is 22.8. The fraction of sp³-hybridized carbons (Fsp3) is 0.480. The van der Waals surface area contributed by atoms with Gasteiger partial charge in [-0.2, -0.15) is 4.31 Å². The number of benzene rings is 2. The van der Waals surface area contributed by atoms with Crippen molar-refractivity contribution < 1.29 is 22.7 Å². The third kappa shape index (κ3) is 4.21. The van der Waals surface area contributed by atoms with Gasteiger partial charge in [0.1, 0.15) is 5.25 Å². The number of nitrogens with zero attached hydrogens (tertiary/aromatic N) is 1. The zero-order valence-corrected chi connectivity index (χ0v) is 19.5. The first kappa shape index (κ1) is 23.0. The van der Waals surface area contributed by atoms with Crippen LogP contribution in [0.4, 0.5) is 0 Å². The number of hydrogen-bond acceptors (Lipinski definition) is 5. The van der Waals surface area contributed by atoms with Crippen LogP contribution in [0.2, 0.25) is 0 Å². The molecule has 2 saturated heterocycles. The van der Waals surface area contributed by atoms with Gasteiger partial charge in [0.2, 0.25) is 10.0 Å². The van der Waals surface area contributed by atoms with E-state index in [9.17, 15) is 13.2 Å². The van der Waals surface area contributed by atoms with Crippen molar-refractivity contribution in [3.8, 4) is 0 Å². The summed E-state index contributed by atoms with van der Waals surface area (Å²) in [4.78, 5) is 12.6. The summed E-state index contributed by atoms with van der Waals surface area (Å²) in [6.07, 6.45) is 2.61. The van der Waals surface area contributed by atoms with Crippen molar-refractivity contribution in [2.75, 3.05) is 20.3 Å². The molecule has 32 heavy (non-hydrogen) atoms. The Morgan fingerprint density at radius 1 is 1.06 bits per heavy atom. The summed E-state index contributed by atoms with van der Waals surface area (Å²) in [5.74, 6) is -0.244. The molecule has 0 N–H and O–H groups in total. The van der Waals surface area contributed by atoms with Gasteiger partial charge in [0, 0.05) is 25.8 Å². The molecule has 4 rings (SSSR count). The van der Waals surface area contributed by atoms with Crippen LogP contribution < -0.4 is 0 Å². The molecule has 2 aliphatic rings. The number of sulfonamides is 1. The Balaban J connectivity index is 1.57. The number of ether oxygens (including phenoxy) is 2. The quantitative estimate of drug-likeness (QED) is 0.636. The highest BCUT2D eigenvalue weighted by Crippen LogP contribution is 2.39. The van der Waals surface area contributed by atoms with Gasteiger partial charge in [-0.05, 0) is 49.3 Å². The standard InChI is InChI=1S/C25H31NO5S/c1-19-8-13-23(21-6-4-3-5-7-21)32(28,29)26(19)18-20-9-11-22(12-10-20)25(24(27)30-2)14-16-31-17-15-25/h3-7,9-12,19,23H,8,13-18H2,1-2H3. The number of carbonyl (C=O) groups excluding carboxylic acids is 1. The van der Waals surface area contributed by atoms with E-state index in [0.29, 0.717) is 39.0 Å². The molecule has 2 unspecified atom stereocenters. The van der Waals surface area contributed by atoms with Crippen LogP contribution in [0.3, 0.4) is 0 Å². The van der Waals surface area contributed by atoms with E-state index in [1.807, 2.05) is 61.5 Å². The van der Waals surface area contributed by atoms with Gasteiger partial charge in [-0.15, -0.1) is 0 Å². The van der Waals surface area contributed by atoms with E-state index in [0.717, 1.165) is 23.1 Å². The lowest BCUT2D eigenvalue weighted by atomic mass is 9.74. The molecule has 0 amide bonds. The lowest BCUT2D eigenvalue weighted by molar-refractivity contribution is -0.151. The molecule has 2 aliphatic heterocycles. The first-order chi connectivity index (χ1) is 15.4. The number of methoxy groups -OCH3 is 1. The first-order valence-corrected chi connectivity index (χ1v) is 12.7. The first-order valence-electron chi connectivity index (χ1n) is 11.2. The lowest BCUT2D eigenvalue weighted by Crippen LogP contribution is -2.44. The number of carbonyl (C=O) groups is 1. The normalized spacial score (nSPS) is 25.2. The Hall–Kier alpha value is -2.22. The van der Waals surface area contributed by atoms with Crippen LogP contribution in [-0.2, 0) is 36.3 Å². The van der Waals surface area contributed by atoms with Crippen LogP contribution >= 0.6 is 0 Å². The second-order valence-corrected chi connectivity index (χ2v) is 10.9. The van der Waals surface area contributed by atoms with E-state index in [4.69, 9.17) is 9.47 Å². The van der Waals surface area contributed by atoms with E-state index in [1.54, 1.807) is 4.31 Å². The summed E-state index contributed by atoms with van der Waals surface area (Å²) in [7, 11) is -2.07. The molecule has 0 bridgehead atoms. The zero-order valence-electron chi connectivity index (χ0n) is 18.7. The molecule has 2 aromatic carbocycles. The largest absolute Gasteiger partial charge is 0.468 e. The van der Waals surface area contributed by atoms with Crippen molar-refractivity contribution in [1.82, 2.24) is 4.31 Å². The minimum absolute atomic E-state index is 0.0588. The predicted molar refractivity (Wildman–Crippen MR) is 123 cm³/mol. The minimum Gasteiger partial charge on any atom is -0.468 e. The van der Waals surface area contributed by atoms with Crippen molar-refractivity contribution in [2.45, 2.75) is 55.9 Å². The Bertz CT molecular complexity index is 1030. The van der Waals surface area contributed by atoms with E-state index in [-0.39, 0.29) is 12.0 Å². The molecule has 2 fully saturated rings. The van der Waals surface area contributed by atoms with Gasteiger partial charge < -0.3 is 9.47 Å². The fourth-order valence-corrected chi connectivity index (χ4v) is 7.18. The van der Waals surface area contributed by atoms with Crippen LogP contribution in [-0.4, -0.2) is 45.1 Å². The van der Waals surface area contributed by atoms with Gasteiger partial charge in [0.15, 0.2) is 0 Å². The van der Waals surface area contributed by atoms with Gasteiger partial charge >= 0.3 is 5.97 Å². The minimum atomic E-state index is -3.48. The smallest absolute Gasteiger partial charge is 0.316 e. The molecule has 0 aliphatic carbocycles. The van der Waals surface area contributed by atoms with Gasteiger partial charge in [-0.1, -0.05) is 54.6 Å². The molecule has 172 valence electrons. The Labute approximate surface area is 190 Å². The van der Waals surface area contributed by atoms with Crippen molar-refractivity contribution in [3.63, 3.8) is 0 Å². The molecule has 0 radical (unpaired) electrons. The average Bonchev–Trinajstić information content (AvgIpc) is 2.82. The number of esters is 1. The second-order valence-electron chi connectivity index (χ2n) is 8.80. The second kappa shape index (κ2) is 9.33. The monoisotopic (exact) mass is 457 g/mol. The maximum atomic E-state index is 13.5. The summed E-state index contributed by atoms with van der Waals surface area (Å²) in [6, 6.07) is 17.2. The summed E-state index contributed by atoms with van der Waals surface area (Å²) in [6.45, 7) is 3.32. The highest BCUT2D eigenvalue weighted by atomic mass is 32.2. The summed E-state index contributed by atoms with van der Waals surface area (Å²) < 4.78 is 39.2. The summed E-state index contributed by atoms with van der Waals surface area (Å²) in [5.41, 5.74) is 1.95. The molecule has 2 atom stereocenters. The number of hydrogen-bond donors (Lipinski definition) is 0. The summed E-state index contributed by atoms with van der Waals surface area (Å²) in [5, 5.41) is -0.510. The predicted octanol–water partition coefficient (Wildman–Crippen LogP) is 3.96. The molecule has 6 nitrogen and oxygen atoms in total. The van der Waals surface area contributed by atoms with E-state index < -0.39 is 20.7 Å². The Morgan fingerprint density at radius 3 is 2.34 bits per heavy atom. The molecular weight excluding hydrogens is 426 g/mol. The topological polar surface area (TPSA) is 72.9 Å². The third-order valence-corrected chi connectivity index (χ3v) is 9.33. The fourth-order valence-electron chi connectivity index (χ4n) is 4.99. The van der Waals surface area contributed by atoms with Gasteiger partial charge in [0.25, 0.3) is 0 Å². The van der Waals surface area contributed by atoms with E-state index in [2.05, 4.69) is 0 Å². The maximum Gasteiger partial charge on any atom is 0.316 e. The van der Waals surface area contributed by atoms with Crippen LogP contribution in [0.25, 0.3) is 0 Å². The van der Waals surface area contributed by atoms with E-state index >= 15 is 0 Å². The van der Waals surface area contributed by atoms with Gasteiger partial charge in [0.05, 0.1) is 12.5 Å². The SMILES string of the molecule is COC(=O)C1(c2ccc(CN3C(C)CCC(c4ccccc4)S3(=O)=O)cc2)CCOCC1. The average molecular weight is 458 g/mol. The molecule has 7 heteroatoms. The molecule has 2 heterocycles. The van der Waals surface area contributed by atoms with Crippen molar-refractivity contribution >= 4 is 16.0 Å². The Morgan fingerprint density at radius 2 is 1.72 bits per heavy atom. The number of rotatable bonds is 5. The highest BCUT2D eigenvalue weighted by molar-refractivity contribution is 7.89. The van der Waals surface area contributed by atoms with Crippen LogP contribution in [0.1, 0.15) is 54.5 Å². The van der Waals surface area contributed by atoms with Gasteiger partial charge in [-0.25, -0.2) is 8.42 Å². The van der Waals surface area contributed by atoms with Crippen molar-refractivity contribution in [2.24, 2.45) is 0 Å². The van der Waals surface area contributed by atoms with Crippen molar-refractivity contribution in [3.05, 3.63) is 71.3 Å². The van der Waals surface area contributed by atoms with Crippen LogP contribution in [0.15, 0.2) is 54.6 Å². The third-order valence-electron chi connectivity index (χ3n) is 6.96. The lowest BCUT2D eigenvalue weighted by Gasteiger charge is -2.38. The Kier molecular flexibility index (Phi) is 6.70. The maximum absolute atomic E-state index is 13.5. The summed E-state index contributed by atoms with van der Waals surface area (Å²) >= 11 is 0. The molecular formula is C25H31NO5S. The van der Waals surface area contributed by atoms with E-state index in [1.165, 1.54) is 7.11 Å². The molecule has 0 spiro atoms. The highest BCUT2D eigenvalue weighted by Gasteiger charge is 2.43. The van der Waals surface area contributed by atoms with Crippen LogP contribution in [0, 0.1) is 0 Å². The molecule has 2 aromatic rings.